The molecule has 20 heavy (non-hydrogen) atoms. The van der Waals surface area contributed by atoms with Gasteiger partial charge in [-0.3, -0.25) is 4.99 Å². The monoisotopic (exact) mass is 389 g/mol. The molecule has 1 aromatic rings. The number of benzene rings is 1. The summed E-state index contributed by atoms with van der Waals surface area (Å²) in [7, 11) is 1.80. The summed E-state index contributed by atoms with van der Waals surface area (Å²) in [6, 6.07) is 9.85. The van der Waals surface area contributed by atoms with E-state index >= 15 is 0 Å². The number of ether oxygens (including phenoxy) is 1. The minimum absolute atomic E-state index is 0. The molecule has 112 valence electrons. The fourth-order valence-electron chi connectivity index (χ4n) is 1.88. The highest BCUT2D eigenvalue weighted by atomic mass is 127. The van der Waals surface area contributed by atoms with E-state index in [2.05, 4.69) is 15.6 Å². The molecule has 0 atom stereocenters. The van der Waals surface area contributed by atoms with E-state index in [-0.39, 0.29) is 24.0 Å². The van der Waals surface area contributed by atoms with E-state index in [1.165, 1.54) is 19.3 Å². The highest BCUT2D eigenvalue weighted by Crippen LogP contribution is 2.31. The van der Waals surface area contributed by atoms with Crippen LogP contribution in [0.4, 0.5) is 0 Å². The summed E-state index contributed by atoms with van der Waals surface area (Å²) in [5.74, 6) is 2.71. The van der Waals surface area contributed by atoms with Gasteiger partial charge in [0.15, 0.2) is 5.96 Å². The summed E-state index contributed by atoms with van der Waals surface area (Å²) in [6.07, 6.45) is 4.05. The van der Waals surface area contributed by atoms with Crippen molar-refractivity contribution in [3.63, 3.8) is 0 Å². The Morgan fingerprint density at radius 1 is 1.20 bits per heavy atom. The van der Waals surface area contributed by atoms with Crippen LogP contribution in [0.1, 0.15) is 19.3 Å². The van der Waals surface area contributed by atoms with Gasteiger partial charge in [0.05, 0.1) is 6.54 Å². The standard InChI is InChI=1S/C15H23N3O.HI/c1-16-15(17-10-9-13-7-8-13)18-11-12-19-14-5-3-2-4-6-14;/h2-6,13H,7-12H2,1H3,(H2,16,17,18);1H. The van der Waals surface area contributed by atoms with Crippen molar-refractivity contribution >= 4 is 29.9 Å². The number of para-hydroxylation sites is 1. The molecule has 5 heteroatoms. The average molecular weight is 389 g/mol. The van der Waals surface area contributed by atoms with Gasteiger partial charge in [-0.1, -0.05) is 31.0 Å². The van der Waals surface area contributed by atoms with Gasteiger partial charge in [0.25, 0.3) is 0 Å². The molecule has 0 bridgehead atoms. The quantitative estimate of drug-likeness (QED) is 0.326. The molecule has 0 amide bonds. The fraction of sp³-hybridized carbons (Fsp3) is 0.533. The Morgan fingerprint density at radius 2 is 1.90 bits per heavy atom. The lowest BCUT2D eigenvalue weighted by Gasteiger charge is -2.12. The van der Waals surface area contributed by atoms with Crippen LogP contribution < -0.4 is 15.4 Å². The molecule has 1 saturated carbocycles. The van der Waals surface area contributed by atoms with Crippen LogP contribution in [0.3, 0.4) is 0 Å². The topological polar surface area (TPSA) is 45.7 Å². The van der Waals surface area contributed by atoms with Crippen molar-refractivity contribution < 1.29 is 4.74 Å². The molecule has 0 aliphatic heterocycles. The van der Waals surface area contributed by atoms with Gasteiger partial charge in [-0.15, -0.1) is 24.0 Å². The van der Waals surface area contributed by atoms with Crippen LogP contribution in [0, 0.1) is 5.92 Å². The molecule has 0 saturated heterocycles. The zero-order chi connectivity index (χ0) is 13.3. The molecule has 0 unspecified atom stereocenters. The van der Waals surface area contributed by atoms with Crippen molar-refractivity contribution in [3.05, 3.63) is 30.3 Å². The van der Waals surface area contributed by atoms with E-state index < -0.39 is 0 Å². The lowest BCUT2D eigenvalue weighted by atomic mass is 10.3. The van der Waals surface area contributed by atoms with Gasteiger partial charge < -0.3 is 15.4 Å². The largest absolute Gasteiger partial charge is 0.492 e. The number of aliphatic imine (C=N–C) groups is 1. The van der Waals surface area contributed by atoms with Gasteiger partial charge in [0.2, 0.25) is 0 Å². The Bertz CT molecular complexity index is 393. The zero-order valence-electron chi connectivity index (χ0n) is 12.0. The van der Waals surface area contributed by atoms with Crippen LogP contribution in [0.25, 0.3) is 0 Å². The van der Waals surface area contributed by atoms with Crippen molar-refractivity contribution in [3.8, 4) is 5.75 Å². The zero-order valence-corrected chi connectivity index (χ0v) is 14.3. The number of nitrogens with zero attached hydrogens (tertiary/aromatic N) is 1. The Kier molecular flexibility index (Phi) is 8.41. The SMILES string of the molecule is CN=C(NCCOc1ccccc1)NCCC1CC1.I. The Balaban J connectivity index is 0.00000200. The molecule has 0 spiro atoms. The summed E-state index contributed by atoms with van der Waals surface area (Å²) < 4.78 is 5.61. The normalized spacial score (nSPS) is 14.3. The van der Waals surface area contributed by atoms with Crippen LogP contribution in [-0.2, 0) is 0 Å². The van der Waals surface area contributed by atoms with Gasteiger partial charge in [0.1, 0.15) is 12.4 Å². The second-order valence-corrected chi connectivity index (χ2v) is 4.82. The van der Waals surface area contributed by atoms with Crippen molar-refractivity contribution in [2.75, 3.05) is 26.7 Å². The molecule has 4 nitrogen and oxygen atoms in total. The first-order chi connectivity index (χ1) is 9.38. The molecule has 0 radical (unpaired) electrons. The first-order valence-electron chi connectivity index (χ1n) is 7.01. The summed E-state index contributed by atoms with van der Waals surface area (Å²) in [6.45, 7) is 2.38. The molecule has 1 aliphatic carbocycles. The lowest BCUT2D eigenvalue weighted by Crippen LogP contribution is -2.39. The fourth-order valence-corrected chi connectivity index (χ4v) is 1.88. The maximum absolute atomic E-state index is 5.61. The van der Waals surface area contributed by atoms with Gasteiger partial charge >= 0.3 is 0 Å². The first-order valence-corrected chi connectivity index (χ1v) is 7.01. The lowest BCUT2D eigenvalue weighted by molar-refractivity contribution is 0.322. The number of nitrogens with one attached hydrogen (secondary N) is 2. The third-order valence-electron chi connectivity index (χ3n) is 3.17. The molecule has 0 heterocycles. The number of hydrogen-bond acceptors (Lipinski definition) is 2. The molecule has 2 rings (SSSR count). The molecule has 1 fully saturated rings. The summed E-state index contributed by atoms with van der Waals surface area (Å²) in [5.41, 5.74) is 0. The number of halogens is 1. The van der Waals surface area contributed by atoms with Crippen LogP contribution in [0.15, 0.2) is 35.3 Å². The minimum atomic E-state index is 0. The van der Waals surface area contributed by atoms with Crippen LogP contribution in [0.2, 0.25) is 0 Å². The van der Waals surface area contributed by atoms with E-state index in [0.717, 1.165) is 30.7 Å². The van der Waals surface area contributed by atoms with Crippen molar-refractivity contribution in [2.45, 2.75) is 19.3 Å². The number of hydrogen-bond donors (Lipinski definition) is 2. The Labute approximate surface area is 138 Å². The van der Waals surface area contributed by atoms with E-state index in [9.17, 15) is 0 Å². The smallest absolute Gasteiger partial charge is 0.191 e. The Morgan fingerprint density at radius 3 is 2.55 bits per heavy atom. The maximum Gasteiger partial charge on any atom is 0.191 e. The second-order valence-electron chi connectivity index (χ2n) is 4.82. The van der Waals surface area contributed by atoms with Crippen molar-refractivity contribution in [2.24, 2.45) is 10.9 Å². The third-order valence-corrected chi connectivity index (χ3v) is 3.17. The van der Waals surface area contributed by atoms with Crippen LogP contribution >= 0.6 is 24.0 Å². The van der Waals surface area contributed by atoms with Gasteiger partial charge in [0, 0.05) is 13.6 Å². The summed E-state index contributed by atoms with van der Waals surface area (Å²) in [4.78, 5) is 4.19. The molecule has 2 N–H and O–H groups in total. The van der Waals surface area contributed by atoms with E-state index in [1.807, 2.05) is 30.3 Å². The first kappa shape index (κ1) is 17.1. The molecule has 1 aliphatic rings. The van der Waals surface area contributed by atoms with Gasteiger partial charge in [-0.05, 0) is 24.5 Å². The Hall–Kier alpha value is -0.980. The third kappa shape index (κ3) is 6.98. The van der Waals surface area contributed by atoms with Crippen LogP contribution in [-0.4, -0.2) is 32.7 Å². The van der Waals surface area contributed by atoms with E-state index in [0.29, 0.717) is 6.61 Å². The molecular formula is C15H24IN3O. The van der Waals surface area contributed by atoms with Crippen molar-refractivity contribution in [1.82, 2.24) is 10.6 Å². The van der Waals surface area contributed by atoms with E-state index in [1.54, 1.807) is 7.05 Å². The number of rotatable bonds is 7. The van der Waals surface area contributed by atoms with Gasteiger partial charge in [-0.25, -0.2) is 0 Å². The molecule has 1 aromatic carbocycles. The van der Waals surface area contributed by atoms with Crippen LogP contribution in [0.5, 0.6) is 5.75 Å². The second kappa shape index (κ2) is 9.85. The van der Waals surface area contributed by atoms with E-state index in [4.69, 9.17) is 4.74 Å². The van der Waals surface area contributed by atoms with Crippen molar-refractivity contribution in [1.29, 1.82) is 0 Å². The highest BCUT2D eigenvalue weighted by molar-refractivity contribution is 14.0. The molecule has 0 aromatic heterocycles. The minimum Gasteiger partial charge on any atom is -0.492 e. The molecular weight excluding hydrogens is 365 g/mol. The predicted molar refractivity (Wildman–Crippen MR) is 94.1 cm³/mol. The highest BCUT2D eigenvalue weighted by Gasteiger charge is 2.20. The average Bonchev–Trinajstić information content (AvgIpc) is 3.27. The summed E-state index contributed by atoms with van der Waals surface area (Å²) in [5, 5.41) is 6.57. The summed E-state index contributed by atoms with van der Waals surface area (Å²) >= 11 is 0. The number of guanidine groups is 1. The van der Waals surface area contributed by atoms with Gasteiger partial charge in [-0.2, -0.15) is 0 Å². The predicted octanol–water partition coefficient (Wildman–Crippen LogP) is 2.65. The maximum atomic E-state index is 5.61.